The molecular formula is C32H33F6N9O2. The highest BCUT2D eigenvalue weighted by Gasteiger charge is 2.49. The SMILES string of the molecule is CNc1nc(-c2nc3c4c(nc(OC[C@@]56CCCN5C[C@H](F)C6)nc4c2F)N([C@H](C)c2cccnc2N)CCO3)c(C(F)(F)F)c(C)c1F. The Morgan fingerprint density at radius 3 is 2.67 bits per heavy atom. The monoisotopic (exact) mass is 689 g/mol. The molecule has 0 radical (unpaired) electrons. The van der Waals surface area contributed by atoms with Crippen molar-refractivity contribution in [3.05, 3.63) is 46.7 Å². The quantitative estimate of drug-likeness (QED) is 0.235. The van der Waals surface area contributed by atoms with E-state index in [4.69, 9.17) is 15.2 Å². The average molecular weight is 690 g/mol. The zero-order chi connectivity index (χ0) is 34.8. The number of nitrogens with two attached hydrogens (primary N) is 1. The number of hydrogen-bond acceptors (Lipinski definition) is 11. The van der Waals surface area contributed by atoms with Gasteiger partial charge in [-0.2, -0.15) is 23.1 Å². The molecule has 3 aliphatic heterocycles. The Kier molecular flexibility index (Phi) is 8.07. The van der Waals surface area contributed by atoms with Crippen LogP contribution >= 0.6 is 0 Å². The van der Waals surface area contributed by atoms with E-state index in [1.165, 1.54) is 7.05 Å². The summed E-state index contributed by atoms with van der Waals surface area (Å²) >= 11 is 0. The average Bonchev–Trinajstić information content (AvgIpc) is 3.52. The fraction of sp³-hybridized carbons (Fsp3) is 0.469. The van der Waals surface area contributed by atoms with Crippen molar-refractivity contribution in [2.45, 2.75) is 57.0 Å². The molecule has 4 aromatic rings. The van der Waals surface area contributed by atoms with Gasteiger partial charge < -0.3 is 25.4 Å². The highest BCUT2D eigenvalue weighted by atomic mass is 19.4. The summed E-state index contributed by atoms with van der Waals surface area (Å²) in [6.07, 6.45) is -2.83. The van der Waals surface area contributed by atoms with Crippen LogP contribution in [0, 0.1) is 18.6 Å². The number of ether oxygens (including phenoxy) is 2. The third-order valence-electron chi connectivity index (χ3n) is 9.69. The Bertz CT molecular complexity index is 1950. The highest BCUT2D eigenvalue weighted by Crippen LogP contribution is 2.46. The normalized spacial score (nSPS) is 21.4. The lowest BCUT2D eigenvalue weighted by molar-refractivity contribution is -0.137. The van der Waals surface area contributed by atoms with Crippen molar-refractivity contribution < 1.29 is 35.8 Å². The Balaban J connectivity index is 1.44. The molecule has 0 aromatic carbocycles. The molecule has 0 saturated carbocycles. The number of hydrogen-bond donors (Lipinski definition) is 2. The van der Waals surface area contributed by atoms with Crippen LogP contribution in [-0.2, 0) is 6.18 Å². The summed E-state index contributed by atoms with van der Waals surface area (Å²) in [4.78, 5) is 25.0. The van der Waals surface area contributed by atoms with Gasteiger partial charge >= 0.3 is 12.2 Å². The Labute approximate surface area is 276 Å². The van der Waals surface area contributed by atoms with Gasteiger partial charge in [-0.05, 0) is 39.3 Å². The second kappa shape index (κ2) is 12.0. The van der Waals surface area contributed by atoms with Crippen LogP contribution in [0.3, 0.4) is 0 Å². The summed E-state index contributed by atoms with van der Waals surface area (Å²) in [6, 6.07) is 2.71. The van der Waals surface area contributed by atoms with Crippen LogP contribution in [0.4, 0.5) is 43.8 Å². The van der Waals surface area contributed by atoms with Gasteiger partial charge in [0.1, 0.15) is 53.3 Å². The van der Waals surface area contributed by atoms with Crippen molar-refractivity contribution in [3.8, 4) is 23.3 Å². The molecule has 0 unspecified atom stereocenters. The molecule has 2 saturated heterocycles. The minimum atomic E-state index is -5.12. The van der Waals surface area contributed by atoms with Crippen LogP contribution in [-0.4, -0.2) is 81.4 Å². The maximum Gasteiger partial charge on any atom is 0.418 e. The number of alkyl halides is 4. The van der Waals surface area contributed by atoms with Gasteiger partial charge in [-0.15, -0.1) is 0 Å². The Morgan fingerprint density at radius 1 is 1.14 bits per heavy atom. The van der Waals surface area contributed by atoms with E-state index in [9.17, 15) is 22.0 Å². The van der Waals surface area contributed by atoms with Crippen molar-refractivity contribution in [1.29, 1.82) is 0 Å². The zero-order valence-corrected chi connectivity index (χ0v) is 26.8. The van der Waals surface area contributed by atoms with Gasteiger partial charge in [-0.25, -0.2) is 28.1 Å². The van der Waals surface area contributed by atoms with E-state index in [0.29, 0.717) is 18.5 Å². The largest absolute Gasteiger partial charge is 0.475 e. The summed E-state index contributed by atoms with van der Waals surface area (Å²) in [5, 5.41) is 2.40. The number of halogens is 6. The third-order valence-corrected chi connectivity index (χ3v) is 9.69. The third kappa shape index (κ3) is 5.47. The lowest BCUT2D eigenvalue weighted by Crippen LogP contribution is -2.43. The van der Waals surface area contributed by atoms with Gasteiger partial charge in [-0.3, -0.25) is 4.90 Å². The molecule has 3 atom stereocenters. The second-order valence-corrected chi connectivity index (χ2v) is 12.6. The first-order valence-electron chi connectivity index (χ1n) is 15.8. The van der Waals surface area contributed by atoms with Crippen LogP contribution < -0.4 is 25.4 Å². The summed E-state index contributed by atoms with van der Waals surface area (Å²) in [6.45, 7) is 3.88. The van der Waals surface area contributed by atoms with Crippen LogP contribution in [0.5, 0.6) is 11.9 Å². The van der Waals surface area contributed by atoms with E-state index in [1.54, 1.807) is 23.2 Å². The maximum absolute atomic E-state index is 16.9. The Morgan fingerprint density at radius 2 is 1.94 bits per heavy atom. The first-order chi connectivity index (χ1) is 23.3. The molecule has 49 heavy (non-hydrogen) atoms. The molecule has 4 aromatic heterocycles. The minimum absolute atomic E-state index is 0.00878. The number of fused-ring (bicyclic) bond motifs is 1. The zero-order valence-electron chi connectivity index (χ0n) is 26.8. The van der Waals surface area contributed by atoms with Crippen molar-refractivity contribution >= 4 is 28.4 Å². The van der Waals surface area contributed by atoms with E-state index in [2.05, 4.69) is 30.2 Å². The molecule has 7 rings (SSSR count). The first kappa shape index (κ1) is 32.9. The summed E-state index contributed by atoms with van der Waals surface area (Å²) in [5.74, 6) is -2.91. The summed E-state index contributed by atoms with van der Waals surface area (Å²) in [7, 11) is 1.28. The van der Waals surface area contributed by atoms with Gasteiger partial charge in [0.25, 0.3) is 0 Å². The number of anilines is 3. The molecule has 260 valence electrons. The molecule has 7 heterocycles. The van der Waals surface area contributed by atoms with E-state index in [0.717, 1.165) is 13.3 Å². The first-order valence-corrected chi connectivity index (χ1v) is 15.8. The molecule has 0 spiro atoms. The second-order valence-electron chi connectivity index (χ2n) is 12.6. The van der Waals surface area contributed by atoms with Crippen LogP contribution in [0.1, 0.15) is 48.9 Å². The van der Waals surface area contributed by atoms with Gasteiger partial charge in [0.2, 0.25) is 5.88 Å². The molecule has 17 heteroatoms. The molecule has 11 nitrogen and oxygen atoms in total. The van der Waals surface area contributed by atoms with E-state index >= 15 is 4.39 Å². The number of nitrogens with one attached hydrogen (secondary N) is 1. The van der Waals surface area contributed by atoms with E-state index in [1.807, 2.05) is 11.8 Å². The van der Waals surface area contributed by atoms with Crippen molar-refractivity contribution in [1.82, 2.24) is 29.8 Å². The lowest BCUT2D eigenvalue weighted by Gasteiger charge is -2.32. The predicted octanol–water partition coefficient (Wildman–Crippen LogP) is 5.63. The molecule has 0 bridgehead atoms. The number of rotatable bonds is 7. The Hall–Kier alpha value is -4.67. The highest BCUT2D eigenvalue weighted by molar-refractivity contribution is 5.97. The lowest BCUT2D eigenvalue weighted by atomic mass is 9.95. The van der Waals surface area contributed by atoms with Gasteiger partial charge in [0, 0.05) is 37.3 Å². The number of nitrogen functional groups attached to an aromatic ring is 1. The standard InChI is InChI=1S/C32H33F6N9O2/c1-15-20(32(36,37)38)24(42-27(40-3)21(15)34)25-22(35)23-19-28(45-30(44-23)49-14-31-7-5-9-46(31)13-17(33)12-31)47(10-11-48-29(19)43-25)16(2)18-6-4-8-41-26(18)39/h4,6,8,16-17H,5,7,9-14H2,1-3H3,(H2,39,41)(H,40,42)/t16-,17-,31+/m1/s1. The van der Waals surface area contributed by atoms with Gasteiger partial charge in [0.15, 0.2) is 17.5 Å². The van der Waals surface area contributed by atoms with E-state index < -0.39 is 69.4 Å². The summed E-state index contributed by atoms with van der Waals surface area (Å²) < 4.78 is 102. The van der Waals surface area contributed by atoms with Crippen LogP contribution in [0.15, 0.2) is 18.3 Å². The van der Waals surface area contributed by atoms with Crippen molar-refractivity contribution in [2.24, 2.45) is 0 Å². The fourth-order valence-corrected chi connectivity index (χ4v) is 7.33. The topological polar surface area (TPSA) is 127 Å². The molecule has 3 N–H and O–H groups in total. The molecule has 0 amide bonds. The molecular weight excluding hydrogens is 656 g/mol. The number of aromatic nitrogens is 5. The molecule has 0 aliphatic carbocycles. The smallest absolute Gasteiger partial charge is 0.418 e. The summed E-state index contributed by atoms with van der Waals surface area (Å²) in [5.41, 5.74) is 1.71. The molecule has 2 fully saturated rings. The fourth-order valence-electron chi connectivity index (χ4n) is 7.33. The van der Waals surface area contributed by atoms with Gasteiger partial charge in [-0.1, -0.05) is 6.07 Å². The number of pyridine rings is 3. The minimum Gasteiger partial charge on any atom is -0.475 e. The van der Waals surface area contributed by atoms with E-state index in [-0.39, 0.29) is 61.6 Å². The van der Waals surface area contributed by atoms with Crippen LogP contribution in [0.2, 0.25) is 0 Å². The molecule has 3 aliphatic rings. The van der Waals surface area contributed by atoms with Crippen molar-refractivity contribution in [3.63, 3.8) is 0 Å². The number of nitrogens with zero attached hydrogens (tertiary/aromatic N) is 7. The maximum atomic E-state index is 16.9. The van der Waals surface area contributed by atoms with Gasteiger partial charge in [0.05, 0.1) is 23.7 Å². The van der Waals surface area contributed by atoms with Crippen molar-refractivity contribution in [2.75, 3.05) is 55.8 Å². The predicted molar refractivity (Wildman–Crippen MR) is 168 cm³/mol. The van der Waals surface area contributed by atoms with Crippen LogP contribution in [0.25, 0.3) is 22.3 Å².